The summed E-state index contributed by atoms with van der Waals surface area (Å²) >= 11 is 0. The van der Waals surface area contributed by atoms with Gasteiger partial charge in [-0.2, -0.15) is 13.2 Å². The fraction of sp³-hybridized carbons (Fsp3) is 0.316. The van der Waals surface area contributed by atoms with Gasteiger partial charge in [0.2, 0.25) is 0 Å². The van der Waals surface area contributed by atoms with Crippen LogP contribution < -0.4 is 4.74 Å². The van der Waals surface area contributed by atoms with Crippen LogP contribution in [0, 0.1) is 0 Å². The third kappa shape index (κ3) is 3.30. The quantitative estimate of drug-likeness (QED) is 0.543. The molecule has 1 aliphatic carbocycles. The standard InChI is InChI=1S/C19H17F3O2/c1-12-2-7-15(8-3-12)24-17-9-6-14-5-4-13(11-23)10-16(14)18(17)19(20,21)22/h4-6,9-11,15H,1-3,7-8H2. The Morgan fingerprint density at radius 3 is 2.42 bits per heavy atom. The van der Waals surface area contributed by atoms with E-state index in [-0.39, 0.29) is 22.8 Å². The fourth-order valence-corrected chi connectivity index (χ4v) is 3.08. The number of rotatable bonds is 3. The highest BCUT2D eigenvalue weighted by molar-refractivity contribution is 5.92. The van der Waals surface area contributed by atoms with Crippen molar-refractivity contribution in [1.82, 2.24) is 0 Å². The molecule has 24 heavy (non-hydrogen) atoms. The second kappa shape index (κ2) is 6.30. The molecule has 2 nitrogen and oxygen atoms in total. The highest BCUT2D eigenvalue weighted by Crippen LogP contribution is 2.42. The van der Waals surface area contributed by atoms with Crippen LogP contribution in [0.4, 0.5) is 13.2 Å². The number of carbonyl (C=O) groups excluding carboxylic acids is 1. The molecule has 0 bridgehead atoms. The molecule has 0 radical (unpaired) electrons. The Bertz CT molecular complexity index is 783. The van der Waals surface area contributed by atoms with E-state index in [0.717, 1.165) is 18.4 Å². The number of hydrogen-bond donors (Lipinski definition) is 0. The number of carbonyl (C=O) groups is 1. The van der Waals surface area contributed by atoms with Gasteiger partial charge in [0, 0.05) is 5.56 Å². The van der Waals surface area contributed by atoms with E-state index in [2.05, 4.69) is 6.58 Å². The van der Waals surface area contributed by atoms with Crippen molar-refractivity contribution >= 4 is 17.1 Å². The summed E-state index contributed by atoms with van der Waals surface area (Å²) in [6.07, 6.45) is -1.38. The first-order valence-corrected chi connectivity index (χ1v) is 7.81. The fourth-order valence-electron chi connectivity index (χ4n) is 3.08. The van der Waals surface area contributed by atoms with Gasteiger partial charge < -0.3 is 4.74 Å². The van der Waals surface area contributed by atoms with Crippen molar-refractivity contribution in [3.63, 3.8) is 0 Å². The van der Waals surface area contributed by atoms with E-state index in [0.29, 0.717) is 24.5 Å². The predicted molar refractivity (Wildman–Crippen MR) is 86.4 cm³/mol. The van der Waals surface area contributed by atoms with Crippen LogP contribution in [0.25, 0.3) is 10.8 Å². The number of fused-ring (bicyclic) bond motifs is 1. The van der Waals surface area contributed by atoms with E-state index in [1.807, 2.05) is 0 Å². The van der Waals surface area contributed by atoms with Gasteiger partial charge in [0.25, 0.3) is 0 Å². The van der Waals surface area contributed by atoms with E-state index in [4.69, 9.17) is 4.74 Å². The van der Waals surface area contributed by atoms with Crippen molar-refractivity contribution in [2.75, 3.05) is 0 Å². The molecule has 0 atom stereocenters. The molecule has 2 aromatic rings. The maximum absolute atomic E-state index is 13.6. The summed E-state index contributed by atoms with van der Waals surface area (Å²) in [5.74, 6) is -0.171. The largest absolute Gasteiger partial charge is 0.490 e. The highest BCUT2D eigenvalue weighted by atomic mass is 19.4. The first-order valence-electron chi connectivity index (χ1n) is 7.81. The Kier molecular flexibility index (Phi) is 4.35. The summed E-state index contributed by atoms with van der Waals surface area (Å²) in [5, 5.41) is 0.419. The van der Waals surface area contributed by atoms with Gasteiger partial charge in [-0.3, -0.25) is 4.79 Å². The number of aldehydes is 1. The smallest absolute Gasteiger partial charge is 0.420 e. The van der Waals surface area contributed by atoms with Crippen LogP contribution in [0.1, 0.15) is 41.6 Å². The van der Waals surface area contributed by atoms with Crippen molar-refractivity contribution in [3.05, 3.63) is 53.6 Å². The molecule has 0 heterocycles. The highest BCUT2D eigenvalue weighted by Gasteiger charge is 2.37. The normalized spacial score (nSPS) is 16.4. The molecule has 0 spiro atoms. The number of ether oxygens (including phenoxy) is 1. The zero-order valence-corrected chi connectivity index (χ0v) is 13.0. The van der Waals surface area contributed by atoms with Gasteiger partial charge in [-0.05, 0) is 48.6 Å². The molecule has 1 aliphatic rings. The number of hydrogen-bond acceptors (Lipinski definition) is 2. The third-order valence-electron chi connectivity index (χ3n) is 4.36. The van der Waals surface area contributed by atoms with Gasteiger partial charge in [-0.15, -0.1) is 0 Å². The molecular formula is C19H17F3O2. The Balaban J connectivity index is 2.06. The monoisotopic (exact) mass is 334 g/mol. The zero-order valence-electron chi connectivity index (χ0n) is 13.0. The molecule has 126 valence electrons. The van der Waals surface area contributed by atoms with Gasteiger partial charge in [0.05, 0.1) is 6.10 Å². The number of allylic oxidation sites excluding steroid dienone is 1. The predicted octanol–water partition coefficient (Wildman–Crippen LogP) is 5.55. The number of alkyl halides is 3. The summed E-state index contributed by atoms with van der Waals surface area (Å²) in [4.78, 5) is 10.9. The zero-order chi connectivity index (χ0) is 17.3. The van der Waals surface area contributed by atoms with Crippen LogP contribution in [0.3, 0.4) is 0 Å². The molecule has 0 unspecified atom stereocenters. The topological polar surface area (TPSA) is 26.3 Å². The summed E-state index contributed by atoms with van der Waals surface area (Å²) < 4.78 is 46.6. The Hall–Kier alpha value is -2.30. The molecule has 2 aromatic carbocycles. The van der Waals surface area contributed by atoms with Crippen molar-refractivity contribution in [3.8, 4) is 5.75 Å². The van der Waals surface area contributed by atoms with Gasteiger partial charge in [-0.25, -0.2) is 0 Å². The molecule has 0 saturated heterocycles. The molecule has 0 aromatic heterocycles. The van der Waals surface area contributed by atoms with Crippen LogP contribution in [-0.4, -0.2) is 12.4 Å². The molecule has 0 N–H and O–H groups in total. The summed E-state index contributed by atoms with van der Waals surface area (Å²) in [6.45, 7) is 3.90. The minimum absolute atomic E-state index is 0.00943. The molecule has 0 amide bonds. The van der Waals surface area contributed by atoms with Crippen LogP contribution >= 0.6 is 0 Å². The molecule has 5 heteroatoms. The molecule has 0 aliphatic heterocycles. The Labute approximate surface area is 137 Å². The van der Waals surface area contributed by atoms with Gasteiger partial charge >= 0.3 is 6.18 Å². The lowest BCUT2D eigenvalue weighted by Crippen LogP contribution is -2.22. The summed E-state index contributed by atoms with van der Waals surface area (Å²) in [5.41, 5.74) is 0.507. The lowest BCUT2D eigenvalue weighted by Gasteiger charge is -2.26. The van der Waals surface area contributed by atoms with Crippen molar-refractivity contribution < 1.29 is 22.7 Å². The average molecular weight is 334 g/mol. The maximum Gasteiger partial charge on any atom is 0.420 e. The first kappa shape index (κ1) is 16.6. The second-order valence-electron chi connectivity index (χ2n) is 6.10. The molecule has 1 fully saturated rings. The van der Waals surface area contributed by atoms with E-state index in [1.54, 1.807) is 6.07 Å². The maximum atomic E-state index is 13.6. The lowest BCUT2D eigenvalue weighted by atomic mass is 9.93. The molecule has 1 saturated carbocycles. The van der Waals surface area contributed by atoms with E-state index in [1.165, 1.54) is 24.3 Å². The minimum atomic E-state index is -4.56. The summed E-state index contributed by atoms with van der Waals surface area (Å²) in [7, 11) is 0. The van der Waals surface area contributed by atoms with Gasteiger partial charge in [-0.1, -0.05) is 30.4 Å². The van der Waals surface area contributed by atoms with E-state index < -0.39 is 11.7 Å². The van der Waals surface area contributed by atoms with Crippen LogP contribution in [0.15, 0.2) is 42.5 Å². The van der Waals surface area contributed by atoms with Crippen LogP contribution in [0.2, 0.25) is 0 Å². The SMILES string of the molecule is C=C1CCC(Oc2ccc3ccc(C=O)cc3c2C(F)(F)F)CC1. The van der Waals surface area contributed by atoms with Gasteiger partial charge in [0.1, 0.15) is 17.6 Å². The van der Waals surface area contributed by atoms with Crippen molar-refractivity contribution in [1.29, 1.82) is 0 Å². The van der Waals surface area contributed by atoms with E-state index in [9.17, 15) is 18.0 Å². The van der Waals surface area contributed by atoms with Crippen molar-refractivity contribution in [2.24, 2.45) is 0 Å². The van der Waals surface area contributed by atoms with Crippen LogP contribution in [0.5, 0.6) is 5.75 Å². The number of benzene rings is 2. The van der Waals surface area contributed by atoms with Gasteiger partial charge in [0.15, 0.2) is 0 Å². The summed E-state index contributed by atoms with van der Waals surface area (Å²) in [6, 6.07) is 7.25. The van der Waals surface area contributed by atoms with E-state index >= 15 is 0 Å². The minimum Gasteiger partial charge on any atom is -0.490 e. The second-order valence-corrected chi connectivity index (χ2v) is 6.10. The Morgan fingerprint density at radius 2 is 1.79 bits per heavy atom. The average Bonchev–Trinajstić information content (AvgIpc) is 2.55. The lowest BCUT2D eigenvalue weighted by molar-refractivity contribution is -0.138. The molecular weight excluding hydrogens is 317 g/mol. The van der Waals surface area contributed by atoms with Crippen LogP contribution in [-0.2, 0) is 6.18 Å². The first-order chi connectivity index (χ1) is 11.4. The Morgan fingerprint density at radius 1 is 1.12 bits per heavy atom. The third-order valence-corrected chi connectivity index (χ3v) is 4.36. The molecule has 3 rings (SSSR count). The number of halogens is 3. The van der Waals surface area contributed by atoms with Crippen molar-refractivity contribution in [2.45, 2.75) is 38.0 Å².